The molecule has 1 rings (SSSR count). The van der Waals surface area contributed by atoms with Gasteiger partial charge in [0, 0.05) is 18.8 Å². The lowest BCUT2D eigenvalue weighted by Crippen LogP contribution is -3.00. The smallest absolute Gasteiger partial charge is 0.273 e. The molecule has 1 saturated heterocycles. The van der Waals surface area contributed by atoms with Gasteiger partial charge in [-0.3, -0.25) is 9.59 Å². The standard InChI is InChI=1S/C9H16NO2S.ClH/c1-7(2)6-13(3)10-8(11)4-5-9(10)12;/h7H,4-6H2,1-3H3;1H/q+1;/p-1. The van der Waals surface area contributed by atoms with E-state index in [9.17, 15) is 9.59 Å². The molecular weight excluding hydrogens is 222 g/mol. The summed E-state index contributed by atoms with van der Waals surface area (Å²) in [7, 11) is 0. The second-order valence-electron chi connectivity index (χ2n) is 3.74. The number of carbonyl (C=O) groups is 2. The summed E-state index contributed by atoms with van der Waals surface area (Å²) in [5.74, 6) is 1.49. The maximum absolute atomic E-state index is 11.3. The summed E-state index contributed by atoms with van der Waals surface area (Å²) < 4.78 is 1.46. The molecule has 0 aromatic carbocycles. The first kappa shape index (κ1) is 13.8. The van der Waals surface area contributed by atoms with Crippen molar-refractivity contribution in [2.24, 2.45) is 5.92 Å². The van der Waals surface area contributed by atoms with Crippen LogP contribution >= 0.6 is 0 Å². The van der Waals surface area contributed by atoms with E-state index in [1.165, 1.54) is 4.31 Å². The van der Waals surface area contributed by atoms with Crippen molar-refractivity contribution >= 4 is 22.9 Å². The second-order valence-corrected chi connectivity index (χ2v) is 5.64. The number of imide groups is 1. The molecule has 14 heavy (non-hydrogen) atoms. The molecule has 0 saturated carbocycles. The molecule has 1 unspecified atom stereocenters. The number of carbonyl (C=O) groups excluding carboxylic acids is 2. The highest BCUT2D eigenvalue weighted by Crippen LogP contribution is 2.18. The van der Waals surface area contributed by atoms with Crippen LogP contribution in [-0.4, -0.2) is 28.1 Å². The van der Waals surface area contributed by atoms with Gasteiger partial charge in [-0.05, 0) is 0 Å². The molecule has 0 aromatic heterocycles. The minimum atomic E-state index is -0.201. The molecule has 0 N–H and O–H groups in total. The molecule has 0 aliphatic carbocycles. The zero-order valence-corrected chi connectivity index (χ0v) is 10.3. The van der Waals surface area contributed by atoms with Crippen LogP contribution < -0.4 is 12.4 Å². The van der Waals surface area contributed by atoms with Crippen LogP contribution in [0.3, 0.4) is 0 Å². The predicted molar refractivity (Wildman–Crippen MR) is 54.1 cm³/mol. The summed E-state index contributed by atoms with van der Waals surface area (Å²) in [6.07, 6.45) is 2.80. The largest absolute Gasteiger partial charge is 1.00 e. The average molecular weight is 238 g/mol. The van der Waals surface area contributed by atoms with E-state index in [1.807, 2.05) is 6.26 Å². The summed E-state index contributed by atoms with van der Waals surface area (Å²) in [5.41, 5.74) is 0. The third-order valence-electron chi connectivity index (χ3n) is 1.89. The Balaban J connectivity index is 0.00000169. The van der Waals surface area contributed by atoms with Crippen molar-refractivity contribution in [2.45, 2.75) is 26.7 Å². The van der Waals surface area contributed by atoms with Crippen molar-refractivity contribution < 1.29 is 22.0 Å². The SMILES string of the molecule is CC(C)C[S+](C)N1C(=O)CCC1=O.[Cl-]. The highest BCUT2D eigenvalue weighted by atomic mass is 35.5. The summed E-state index contributed by atoms with van der Waals surface area (Å²) >= 11 is -0.201. The van der Waals surface area contributed by atoms with Crippen molar-refractivity contribution in [1.29, 1.82) is 0 Å². The third-order valence-corrected chi connectivity index (χ3v) is 4.07. The lowest BCUT2D eigenvalue weighted by atomic mass is 10.3. The maximum Gasteiger partial charge on any atom is 0.273 e. The lowest BCUT2D eigenvalue weighted by Gasteiger charge is -2.12. The fourth-order valence-electron chi connectivity index (χ4n) is 1.46. The van der Waals surface area contributed by atoms with Gasteiger partial charge >= 0.3 is 0 Å². The number of hydrogen-bond acceptors (Lipinski definition) is 2. The first-order chi connectivity index (χ1) is 6.02. The monoisotopic (exact) mass is 237 g/mol. The first-order valence-electron chi connectivity index (χ1n) is 4.51. The van der Waals surface area contributed by atoms with E-state index in [0.29, 0.717) is 18.8 Å². The molecule has 1 atom stereocenters. The van der Waals surface area contributed by atoms with Gasteiger partial charge in [-0.2, -0.15) is 0 Å². The highest BCUT2D eigenvalue weighted by Gasteiger charge is 2.40. The van der Waals surface area contributed by atoms with E-state index in [0.717, 1.165) is 5.75 Å². The van der Waals surface area contributed by atoms with E-state index in [-0.39, 0.29) is 35.3 Å². The number of amides is 2. The third kappa shape index (κ3) is 3.17. The maximum atomic E-state index is 11.3. The molecule has 1 heterocycles. The summed E-state index contributed by atoms with van der Waals surface area (Å²) in [4.78, 5) is 22.6. The van der Waals surface area contributed by atoms with Crippen LogP contribution in [0.4, 0.5) is 0 Å². The summed E-state index contributed by atoms with van der Waals surface area (Å²) in [6, 6.07) is 0. The van der Waals surface area contributed by atoms with Gasteiger partial charge < -0.3 is 12.4 Å². The van der Waals surface area contributed by atoms with Gasteiger partial charge in [-0.25, -0.2) is 0 Å². The molecule has 5 heteroatoms. The van der Waals surface area contributed by atoms with Gasteiger partial charge in [0.2, 0.25) is 0 Å². The molecule has 0 spiro atoms. The van der Waals surface area contributed by atoms with Crippen LogP contribution in [0.1, 0.15) is 26.7 Å². The Labute approximate surface area is 94.1 Å². The molecule has 3 nitrogen and oxygen atoms in total. The Morgan fingerprint density at radius 2 is 1.71 bits per heavy atom. The van der Waals surface area contributed by atoms with Crippen molar-refractivity contribution in [3.8, 4) is 0 Å². The van der Waals surface area contributed by atoms with E-state index in [1.54, 1.807) is 0 Å². The normalized spacial score (nSPS) is 18.7. The molecule has 2 amide bonds. The topological polar surface area (TPSA) is 37.4 Å². The van der Waals surface area contributed by atoms with Gasteiger partial charge in [0.25, 0.3) is 11.8 Å². The van der Waals surface area contributed by atoms with Gasteiger partial charge in [0.1, 0.15) is 23.1 Å². The van der Waals surface area contributed by atoms with Gasteiger partial charge in [-0.1, -0.05) is 18.2 Å². The van der Waals surface area contributed by atoms with Crippen molar-refractivity contribution in [2.75, 3.05) is 12.0 Å². The molecule has 1 fully saturated rings. The van der Waals surface area contributed by atoms with Gasteiger partial charge in [-0.15, -0.1) is 0 Å². The van der Waals surface area contributed by atoms with E-state index in [2.05, 4.69) is 13.8 Å². The molecule has 1 aliphatic heterocycles. The number of rotatable bonds is 3. The van der Waals surface area contributed by atoms with Crippen LogP contribution in [-0.2, 0) is 20.7 Å². The summed E-state index contributed by atoms with van der Waals surface area (Å²) in [6.45, 7) is 4.21. The fraction of sp³-hybridized carbons (Fsp3) is 0.778. The Hall–Kier alpha value is -0.220. The fourth-order valence-corrected chi connectivity index (χ4v) is 3.45. The van der Waals surface area contributed by atoms with Crippen LogP contribution in [0.2, 0.25) is 0 Å². The predicted octanol–water partition coefficient (Wildman–Crippen LogP) is -2.04. The Kier molecular flexibility index (Phi) is 5.52. The van der Waals surface area contributed by atoms with E-state index >= 15 is 0 Å². The molecule has 82 valence electrons. The quantitative estimate of drug-likeness (QED) is 0.419. The van der Waals surface area contributed by atoms with Crippen LogP contribution in [0, 0.1) is 5.92 Å². The van der Waals surface area contributed by atoms with Gasteiger partial charge in [0.05, 0.1) is 0 Å². The van der Waals surface area contributed by atoms with Crippen molar-refractivity contribution in [3.63, 3.8) is 0 Å². The zero-order valence-electron chi connectivity index (χ0n) is 8.75. The molecule has 0 bridgehead atoms. The van der Waals surface area contributed by atoms with E-state index in [4.69, 9.17) is 0 Å². The Morgan fingerprint density at radius 1 is 1.29 bits per heavy atom. The van der Waals surface area contributed by atoms with Crippen molar-refractivity contribution in [1.82, 2.24) is 4.31 Å². The zero-order chi connectivity index (χ0) is 10.0. The van der Waals surface area contributed by atoms with E-state index < -0.39 is 0 Å². The lowest BCUT2D eigenvalue weighted by molar-refractivity contribution is -0.132. The molecule has 0 radical (unpaired) electrons. The average Bonchev–Trinajstić information content (AvgIpc) is 2.29. The van der Waals surface area contributed by atoms with Crippen LogP contribution in [0.15, 0.2) is 0 Å². The Morgan fingerprint density at radius 3 is 2.07 bits per heavy atom. The van der Waals surface area contributed by atoms with Gasteiger partial charge in [0.15, 0.2) is 0 Å². The van der Waals surface area contributed by atoms with Crippen LogP contribution in [0.5, 0.6) is 0 Å². The minimum absolute atomic E-state index is 0. The Bertz CT molecular complexity index is 217. The minimum Gasteiger partial charge on any atom is -1.00 e. The number of halogens is 1. The highest BCUT2D eigenvalue weighted by molar-refractivity contribution is 7.95. The van der Waals surface area contributed by atoms with Crippen LogP contribution in [0.25, 0.3) is 0 Å². The molecule has 1 aliphatic rings. The van der Waals surface area contributed by atoms with Crippen molar-refractivity contribution in [3.05, 3.63) is 0 Å². The number of nitrogens with zero attached hydrogens (tertiary/aromatic N) is 1. The molecular formula is C9H16ClNO2S. The number of hydrogen-bond donors (Lipinski definition) is 0. The summed E-state index contributed by atoms with van der Waals surface area (Å²) in [5, 5.41) is 0. The first-order valence-corrected chi connectivity index (χ1v) is 6.26. The molecule has 0 aromatic rings. The second kappa shape index (κ2) is 5.61.